The lowest BCUT2D eigenvalue weighted by Gasteiger charge is -1.98. The van der Waals surface area contributed by atoms with Crippen LogP contribution in [0.1, 0.15) is 17.5 Å². The number of benzene rings is 1. The molecule has 0 saturated heterocycles. The highest BCUT2D eigenvalue weighted by molar-refractivity contribution is 6.27. The number of ketones is 1. The number of alkyl halides is 1. The van der Waals surface area contributed by atoms with Crippen LogP contribution in [-0.2, 0) is 11.2 Å². The molecule has 0 aromatic heterocycles. The van der Waals surface area contributed by atoms with Crippen LogP contribution in [0.15, 0.2) is 24.3 Å². The van der Waals surface area contributed by atoms with Crippen molar-refractivity contribution >= 4 is 17.4 Å². The van der Waals surface area contributed by atoms with Gasteiger partial charge in [-0.05, 0) is 24.1 Å². The van der Waals surface area contributed by atoms with Crippen LogP contribution >= 0.6 is 11.6 Å². The highest BCUT2D eigenvalue weighted by atomic mass is 35.5. The Kier molecular flexibility index (Phi) is 4.15. The summed E-state index contributed by atoms with van der Waals surface area (Å²) in [5, 5.41) is 8.56. The molecule has 0 heterocycles. The predicted molar refractivity (Wildman–Crippen MR) is 55.2 cm³/mol. The molecule has 3 heteroatoms. The summed E-state index contributed by atoms with van der Waals surface area (Å²) in [6, 6.07) is 9.27. The first-order valence-electron chi connectivity index (χ1n) is 4.33. The number of carbonyl (C=O) groups is 1. The predicted octanol–water partition coefficient (Wildman–Crippen LogP) is 2.30. The molecular weight excluding hydrogens is 198 g/mol. The van der Waals surface area contributed by atoms with E-state index in [1.54, 1.807) is 12.1 Å². The first kappa shape index (κ1) is 10.7. The lowest BCUT2D eigenvalue weighted by atomic mass is 10.1. The maximum absolute atomic E-state index is 10.9. The van der Waals surface area contributed by atoms with Crippen LogP contribution in [0.4, 0.5) is 0 Å². The molecule has 0 fully saturated rings. The molecule has 0 unspecified atom stereocenters. The van der Waals surface area contributed by atoms with Gasteiger partial charge in [0, 0.05) is 6.42 Å². The topological polar surface area (TPSA) is 40.9 Å². The molecule has 2 nitrogen and oxygen atoms in total. The van der Waals surface area contributed by atoms with Gasteiger partial charge in [0.2, 0.25) is 0 Å². The van der Waals surface area contributed by atoms with Crippen molar-refractivity contribution in [3.63, 3.8) is 0 Å². The fourth-order valence-electron chi connectivity index (χ4n) is 1.10. The molecule has 1 aromatic rings. The molecule has 0 radical (unpaired) electrons. The van der Waals surface area contributed by atoms with Crippen LogP contribution in [0, 0.1) is 11.3 Å². The lowest BCUT2D eigenvalue weighted by molar-refractivity contribution is -0.116. The largest absolute Gasteiger partial charge is 0.298 e. The van der Waals surface area contributed by atoms with Crippen molar-refractivity contribution in [2.24, 2.45) is 0 Å². The van der Waals surface area contributed by atoms with Gasteiger partial charge in [0.1, 0.15) is 5.78 Å². The van der Waals surface area contributed by atoms with Crippen molar-refractivity contribution in [2.45, 2.75) is 12.8 Å². The number of nitrogens with zero attached hydrogens (tertiary/aromatic N) is 1. The Balaban J connectivity index is 2.53. The highest BCUT2D eigenvalue weighted by Crippen LogP contribution is 2.06. The van der Waals surface area contributed by atoms with Crippen molar-refractivity contribution in [3.05, 3.63) is 35.4 Å². The minimum Gasteiger partial charge on any atom is -0.298 e. The average Bonchev–Trinajstić information content (AvgIpc) is 2.26. The van der Waals surface area contributed by atoms with Gasteiger partial charge in [-0.15, -0.1) is 11.6 Å². The van der Waals surface area contributed by atoms with Crippen molar-refractivity contribution in [1.82, 2.24) is 0 Å². The van der Waals surface area contributed by atoms with Gasteiger partial charge in [-0.25, -0.2) is 0 Å². The molecule has 14 heavy (non-hydrogen) atoms. The van der Waals surface area contributed by atoms with Gasteiger partial charge in [-0.3, -0.25) is 4.79 Å². The quantitative estimate of drug-likeness (QED) is 0.711. The second kappa shape index (κ2) is 5.41. The van der Waals surface area contributed by atoms with Gasteiger partial charge in [-0.2, -0.15) is 5.26 Å². The van der Waals surface area contributed by atoms with E-state index in [1.807, 2.05) is 18.2 Å². The second-order valence-electron chi connectivity index (χ2n) is 2.98. The van der Waals surface area contributed by atoms with Crippen molar-refractivity contribution in [1.29, 1.82) is 5.26 Å². The van der Waals surface area contributed by atoms with Crippen LogP contribution in [0.3, 0.4) is 0 Å². The summed E-state index contributed by atoms with van der Waals surface area (Å²) in [5.74, 6) is 0.132. The number of Topliss-reactive ketones (excluding diaryl/α,β-unsaturated/α-hetero) is 1. The summed E-state index contributed by atoms with van der Waals surface area (Å²) in [6.07, 6.45) is 1.16. The fraction of sp³-hybridized carbons (Fsp3) is 0.273. The third-order valence-electron chi connectivity index (χ3n) is 1.92. The Bertz CT molecular complexity index is 351. The molecule has 0 aliphatic heterocycles. The van der Waals surface area contributed by atoms with Gasteiger partial charge in [0.15, 0.2) is 0 Å². The van der Waals surface area contributed by atoms with Crippen LogP contribution < -0.4 is 0 Å². The molecule has 0 saturated carbocycles. The van der Waals surface area contributed by atoms with E-state index in [4.69, 9.17) is 16.9 Å². The second-order valence-corrected chi connectivity index (χ2v) is 3.25. The van der Waals surface area contributed by atoms with Gasteiger partial charge in [0.25, 0.3) is 0 Å². The maximum Gasteiger partial charge on any atom is 0.147 e. The first-order chi connectivity index (χ1) is 6.76. The number of rotatable bonds is 4. The number of carbonyl (C=O) groups excluding carboxylic acids is 1. The molecule has 1 rings (SSSR count). The molecule has 0 amide bonds. The molecule has 1 aromatic carbocycles. The van der Waals surface area contributed by atoms with Gasteiger partial charge >= 0.3 is 0 Å². The highest BCUT2D eigenvalue weighted by Gasteiger charge is 2.00. The summed E-state index contributed by atoms with van der Waals surface area (Å²) in [4.78, 5) is 10.9. The summed E-state index contributed by atoms with van der Waals surface area (Å²) in [6.45, 7) is 0. The SMILES string of the molecule is N#Cc1ccc(CCC(=O)CCl)cc1. The van der Waals surface area contributed by atoms with E-state index >= 15 is 0 Å². The molecule has 72 valence electrons. The third-order valence-corrected chi connectivity index (χ3v) is 2.22. The number of hydrogen-bond donors (Lipinski definition) is 0. The molecule has 0 N–H and O–H groups in total. The summed E-state index contributed by atoms with van der Waals surface area (Å²) >= 11 is 5.37. The van der Waals surface area contributed by atoms with E-state index in [0.29, 0.717) is 18.4 Å². The lowest BCUT2D eigenvalue weighted by Crippen LogP contribution is -2.00. The molecule has 0 aliphatic rings. The van der Waals surface area contributed by atoms with Gasteiger partial charge < -0.3 is 0 Å². The van der Waals surface area contributed by atoms with Crippen LogP contribution in [0.25, 0.3) is 0 Å². The van der Waals surface area contributed by atoms with Crippen molar-refractivity contribution < 1.29 is 4.79 Å². The Hall–Kier alpha value is -1.33. The van der Waals surface area contributed by atoms with E-state index in [-0.39, 0.29) is 11.7 Å². The molecule has 0 aliphatic carbocycles. The van der Waals surface area contributed by atoms with E-state index in [1.165, 1.54) is 0 Å². The number of hydrogen-bond acceptors (Lipinski definition) is 2. The molecule has 0 spiro atoms. The molecule has 0 bridgehead atoms. The Morgan fingerprint density at radius 2 is 2.00 bits per heavy atom. The Morgan fingerprint density at radius 1 is 1.36 bits per heavy atom. The van der Waals surface area contributed by atoms with E-state index in [9.17, 15) is 4.79 Å². The molecular formula is C11H10ClNO. The van der Waals surface area contributed by atoms with Gasteiger partial charge in [0.05, 0.1) is 17.5 Å². The Labute approximate surface area is 88.1 Å². The van der Waals surface area contributed by atoms with E-state index < -0.39 is 0 Å². The Morgan fingerprint density at radius 3 is 2.50 bits per heavy atom. The zero-order valence-corrected chi connectivity index (χ0v) is 8.42. The normalized spacial score (nSPS) is 9.43. The third kappa shape index (κ3) is 3.20. The van der Waals surface area contributed by atoms with Gasteiger partial charge in [-0.1, -0.05) is 12.1 Å². The van der Waals surface area contributed by atoms with Crippen molar-refractivity contribution in [3.8, 4) is 6.07 Å². The zero-order valence-electron chi connectivity index (χ0n) is 7.66. The summed E-state index contributed by atoms with van der Waals surface area (Å²) < 4.78 is 0. The number of nitriles is 1. The number of aryl methyl sites for hydroxylation is 1. The minimum absolute atomic E-state index is 0.0519. The summed E-state index contributed by atoms with van der Waals surface area (Å²) in [7, 11) is 0. The minimum atomic E-state index is 0.0519. The fourth-order valence-corrected chi connectivity index (χ4v) is 1.23. The zero-order chi connectivity index (χ0) is 10.4. The van der Waals surface area contributed by atoms with E-state index in [0.717, 1.165) is 5.56 Å². The smallest absolute Gasteiger partial charge is 0.147 e. The standard InChI is InChI=1S/C11H10ClNO/c12-7-11(14)6-5-9-1-3-10(8-13)4-2-9/h1-4H,5-7H2. The van der Waals surface area contributed by atoms with Crippen LogP contribution in [0.5, 0.6) is 0 Å². The van der Waals surface area contributed by atoms with Crippen LogP contribution in [0.2, 0.25) is 0 Å². The summed E-state index contributed by atoms with van der Waals surface area (Å²) in [5.41, 5.74) is 1.69. The first-order valence-corrected chi connectivity index (χ1v) is 4.86. The molecule has 0 atom stereocenters. The monoisotopic (exact) mass is 207 g/mol. The van der Waals surface area contributed by atoms with Crippen molar-refractivity contribution in [2.75, 3.05) is 5.88 Å². The average molecular weight is 208 g/mol. The maximum atomic E-state index is 10.9. The van der Waals surface area contributed by atoms with E-state index in [2.05, 4.69) is 0 Å². The number of halogens is 1. The van der Waals surface area contributed by atoms with Crippen LogP contribution in [-0.4, -0.2) is 11.7 Å².